The molecule has 0 bridgehead atoms. The molecule has 0 amide bonds. The fourth-order valence-electron chi connectivity index (χ4n) is 2.18. The van der Waals surface area contributed by atoms with Gasteiger partial charge in [0.2, 0.25) is 0 Å². The van der Waals surface area contributed by atoms with Crippen molar-refractivity contribution in [1.29, 1.82) is 0 Å². The minimum absolute atomic E-state index is 0.123. The summed E-state index contributed by atoms with van der Waals surface area (Å²) >= 11 is 0. The summed E-state index contributed by atoms with van der Waals surface area (Å²) in [6.07, 6.45) is 0.736. The molecule has 0 unspecified atom stereocenters. The van der Waals surface area contributed by atoms with Gasteiger partial charge in [0.25, 0.3) is 0 Å². The van der Waals surface area contributed by atoms with Crippen LogP contribution in [0.25, 0.3) is 0 Å². The molecule has 0 spiro atoms. The van der Waals surface area contributed by atoms with Crippen molar-refractivity contribution in [2.24, 2.45) is 17.1 Å². The van der Waals surface area contributed by atoms with E-state index in [0.717, 1.165) is 6.42 Å². The Labute approximate surface area is 88.9 Å². The van der Waals surface area contributed by atoms with Gasteiger partial charge in [0.15, 0.2) is 0 Å². The molecule has 14 heavy (non-hydrogen) atoms. The van der Waals surface area contributed by atoms with E-state index in [1.165, 1.54) is 0 Å². The number of nitrogens with two attached hydrogens (primary N) is 1. The Balaban J connectivity index is 4.78. The van der Waals surface area contributed by atoms with Gasteiger partial charge >= 0.3 is 0 Å². The van der Waals surface area contributed by atoms with Crippen molar-refractivity contribution in [2.45, 2.75) is 66.0 Å². The maximum absolute atomic E-state index is 9.86. The van der Waals surface area contributed by atoms with Gasteiger partial charge in [0.1, 0.15) is 0 Å². The standard InChI is InChI=1S/C12H27NO/c1-10(2,3)9(12(6,7)13)8-11(4,5)14/h9,14H,8,13H2,1-7H3/t9-/m1/s1. The lowest BCUT2D eigenvalue weighted by molar-refractivity contribution is 0.00736. The van der Waals surface area contributed by atoms with Crippen LogP contribution < -0.4 is 5.73 Å². The third-order valence-corrected chi connectivity index (χ3v) is 2.65. The summed E-state index contributed by atoms with van der Waals surface area (Å²) in [5.41, 5.74) is 5.39. The smallest absolute Gasteiger partial charge is 0.0595 e. The first-order valence-electron chi connectivity index (χ1n) is 5.35. The quantitative estimate of drug-likeness (QED) is 0.737. The first-order chi connectivity index (χ1) is 5.84. The summed E-state index contributed by atoms with van der Waals surface area (Å²) in [5, 5.41) is 9.86. The first kappa shape index (κ1) is 13.9. The minimum Gasteiger partial charge on any atom is -0.390 e. The SMILES string of the molecule is CC(C)(O)C[C@H](C(C)(C)C)C(C)(C)N. The Morgan fingerprint density at radius 3 is 1.43 bits per heavy atom. The van der Waals surface area contributed by atoms with Crippen LogP contribution in [0.15, 0.2) is 0 Å². The van der Waals surface area contributed by atoms with Crippen molar-refractivity contribution >= 4 is 0 Å². The molecule has 1 atom stereocenters. The van der Waals surface area contributed by atoms with E-state index in [9.17, 15) is 5.11 Å². The predicted molar refractivity (Wildman–Crippen MR) is 62.1 cm³/mol. The number of rotatable bonds is 3. The summed E-state index contributed by atoms with van der Waals surface area (Å²) in [6.45, 7) is 14.3. The van der Waals surface area contributed by atoms with Crippen molar-refractivity contribution < 1.29 is 5.11 Å². The van der Waals surface area contributed by atoms with Gasteiger partial charge in [0, 0.05) is 5.54 Å². The monoisotopic (exact) mass is 201 g/mol. The number of aliphatic hydroxyl groups is 1. The van der Waals surface area contributed by atoms with Gasteiger partial charge < -0.3 is 10.8 Å². The van der Waals surface area contributed by atoms with Gasteiger partial charge in [-0.05, 0) is 45.4 Å². The molecule has 0 fully saturated rings. The van der Waals surface area contributed by atoms with Crippen molar-refractivity contribution in [3.8, 4) is 0 Å². The molecule has 2 nitrogen and oxygen atoms in total. The summed E-state index contributed by atoms with van der Waals surface area (Å²) < 4.78 is 0. The molecule has 0 aromatic heterocycles. The lowest BCUT2D eigenvalue weighted by Gasteiger charge is -2.43. The van der Waals surface area contributed by atoms with Crippen molar-refractivity contribution in [3.63, 3.8) is 0 Å². The Morgan fingerprint density at radius 1 is 1.00 bits per heavy atom. The zero-order valence-corrected chi connectivity index (χ0v) is 10.8. The molecule has 0 radical (unpaired) electrons. The molecule has 0 saturated heterocycles. The minimum atomic E-state index is -0.644. The van der Waals surface area contributed by atoms with E-state index in [2.05, 4.69) is 20.8 Å². The van der Waals surface area contributed by atoms with Crippen LogP contribution in [0.4, 0.5) is 0 Å². The van der Waals surface area contributed by atoms with Crippen molar-refractivity contribution in [2.75, 3.05) is 0 Å². The zero-order chi connectivity index (χ0) is 11.8. The molecule has 2 heteroatoms. The molecule has 0 aliphatic rings. The molecular formula is C12H27NO. The second-order valence-corrected chi connectivity index (χ2v) is 6.76. The van der Waals surface area contributed by atoms with Crippen molar-refractivity contribution in [1.82, 2.24) is 0 Å². The van der Waals surface area contributed by atoms with E-state index in [0.29, 0.717) is 5.92 Å². The normalized spacial score (nSPS) is 16.9. The van der Waals surface area contributed by atoms with Crippen LogP contribution in [0.1, 0.15) is 54.9 Å². The first-order valence-corrected chi connectivity index (χ1v) is 5.35. The molecule has 0 aliphatic carbocycles. The van der Waals surface area contributed by atoms with Gasteiger partial charge in [-0.3, -0.25) is 0 Å². The van der Waals surface area contributed by atoms with Crippen LogP contribution in [0.2, 0.25) is 0 Å². The topological polar surface area (TPSA) is 46.2 Å². The summed E-state index contributed by atoms with van der Waals surface area (Å²) in [5.74, 6) is 0.301. The van der Waals surface area contributed by atoms with Gasteiger partial charge in [-0.25, -0.2) is 0 Å². The Kier molecular flexibility index (Phi) is 3.80. The lowest BCUT2D eigenvalue weighted by atomic mass is 9.66. The Morgan fingerprint density at radius 2 is 1.36 bits per heavy atom. The van der Waals surface area contributed by atoms with Crippen molar-refractivity contribution in [3.05, 3.63) is 0 Å². The molecule has 0 rings (SSSR count). The highest BCUT2D eigenvalue weighted by molar-refractivity contribution is 4.92. The van der Waals surface area contributed by atoms with Crippen LogP contribution in [-0.2, 0) is 0 Å². The number of hydrogen-bond acceptors (Lipinski definition) is 2. The van der Waals surface area contributed by atoms with Gasteiger partial charge in [-0.15, -0.1) is 0 Å². The van der Waals surface area contributed by atoms with Gasteiger partial charge in [-0.1, -0.05) is 20.8 Å². The molecular weight excluding hydrogens is 174 g/mol. The molecule has 86 valence electrons. The zero-order valence-electron chi connectivity index (χ0n) is 10.8. The predicted octanol–water partition coefficient (Wildman–Crippen LogP) is 2.55. The van der Waals surface area contributed by atoms with E-state index >= 15 is 0 Å². The molecule has 0 saturated carbocycles. The average molecular weight is 201 g/mol. The van der Waals surface area contributed by atoms with Gasteiger partial charge in [0.05, 0.1) is 5.60 Å². The molecule has 3 N–H and O–H groups in total. The van der Waals surface area contributed by atoms with E-state index in [-0.39, 0.29) is 11.0 Å². The maximum atomic E-state index is 9.86. The molecule has 0 heterocycles. The second kappa shape index (κ2) is 3.82. The highest BCUT2D eigenvalue weighted by atomic mass is 16.3. The van der Waals surface area contributed by atoms with E-state index in [1.807, 2.05) is 27.7 Å². The fraction of sp³-hybridized carbons (Fsp3) is 1.00. The Hall–Kier alpha value is -0.0800. The molecule has 0 aromatic rings. The largest absolute Gasteiger partial charge is 0.390 e. The summed E-state index contributed by atoms with van der Waals surface area (Å²) in [6, 6.07) is 0. The second-order valence-electron chi connectivity index (χ2n) is 6.76. The van der Waals surface area contributed by atoms with E-state index < -0.39 is 5.60 Å². The fourth-order valence-corrected chi connectivity index (χ4v) is 2.18. The lowest BCUT2D eigenvalue weighted by Crippen LogP contribution is -2.49. The van der Waals surface area contributed by atoms with E-state index in [4.69, 9.17) is 5.73 Å². The highest BCUT2D eigenvalue weighted by Crippen LogP contribution is 2.38. The maximum Gasteiger partial charge on any atom is 0.0595 e. The summed E-state index contributed by atoms with van der Waals surface area (Å²) in [7, 11) is 0. The van der Waals surface area contributed by atoms with Crippen LogP contribution in [0.3, 0.4) is 0 Å². The highest BCUT2D eigenvalue weighted by Gasteiger charge is 2.38. The van der Waals surface area contributed by atoms with Crippen LogP contribution in [0, 0.1) is 11.3 Å². The Bertz CT molecular complexity index is 164. The van der Waals surface area contributed by atoms with Gasteiger partial charge in [-0.2, -0.15) is 0 Å². The van der Waals surface area contributed by atoms with Crippen LogP contribution in [-0.4, -0.2) is 16.2 Å². The molecule has 0 aromatic carbocycles. The average Bonchev–Trinajstić information content (AvgIpc) is 1.75. The van der Waals surface area contributed by atoms with Crippen LogP contribution in [0.5, 0.6) is 0 Å². The van der Waals surface area contributed by atoms with E-state index in [1.54, 1.807) is 0 Å². The third kappa shape index (κ3) is 4.97. The molecule has 0 aliphatic heterocycles. The number of hydrogen-bond donors (Lipinski definition) is 2. The van der Waals surface area contributed by atoms with Crippen LogP contribution >= 0.6 is 0 Å². The third-order valence-electron chi connectivity index (χ3n) is 2.65. The summed E-state index contributed by atoms with van der Waals surface area (Å²) in [4.78, 5) is 0.